The van der Waals surface area contributed by atoms with Crippen LogP contribution in [0.5, 0.6) is 0 Å². The highest BCUT2D eigenvalue weighted by Gasteiger charge is 2.10. The monoisotopic (exact) mass is 278 g/mol. The average Bonchev–Trinajstić information content (AvgIpc) is 2.39. The van der Waals surface area contributed by atoms with Crippen molar-refractivity contribution < 1.29 is 4.79 Å². The Labute approximate surface area is 118 Å². The molecule has 19 heavy (non-hydrogen) atoms. The Balaban J connectivity index is 1.85. The van der Waals surface area contributed by atoms with E-state index in [9.17, 15) is 4.79 Å². The molecule has 3 nitrogen and oxygen atoms in total. The van der Waals surface area contributed by atoms with Crippen LogP contribution in [0.2, 0.25) is 5.02 Å². The number of nitrogens with one attached hydrogen (secondary N) is 1. The molecule has 1 aliphatic carbocycles. The lowest BCUT2D eigenvalue weighted by molar-refractivity contribution is 0.0954. The van der Waals surface area contributed by atoms with E-state index >= 15 is 0 Å². The highest BCUT2D eigenvalue weighted by molar-refractivity contribution is 6.34. The number of hydrogen-bond acceptors (Lipinski definition) is 2. The van der Waals surface area contributed by atoms with Crippen LogP contribution in [0.15, 0.2) is 29.8 Å². The van der Waals surface area contributed by atoms with Gasteiger partial charge in [-0.25, -0.2) is 0 Å². The normalized spacial score (nSPS) is 14.9. The first-order valence-electron chi connectivity index (χ1n) is 6.68. The van der Waals surface area contributed by atoms with E-state index in [0.29, 0.717) is 22.8 Å². The minimum atomic E-state index is -0.138. The molecule has 1 aromatic rings. The number of hydrogen-bond donors (Lipinski definition) is 2. The molecule has 0 fully saturated rings. The molecule has 2 rings (SSSR count). The summed E-state index contributed by atoms with van der Waals surface area (Å²) in [5.41, 5.74) is 8.10. The molecule has 1 aromatic carbocycles. The fraction of sp³-hybridized carbons (Fsp3) is 0.400. The standard InChI is InChI=1S/C15H19ClN2O/c16-14-10-12(17)6-7-13(14)15(19)18-9-8-11-4-2-1-3-5-11/h4,6-7,10H,1-3,5,8-9,17H2,(H,18,19). The summed E-state index contributed by atoms with van der Waals surface area (Å²) >= 11 is 6.00. The average molecular weight is 279 g/mol. The Morgan fingerprint density at radius 2 is 2.21 bits per heavy atom. The van der Waals surface area contributed by atoms with Gasteiger partial charge in [0.1, 0.15) is 0 Å². The van der Waals surface area contributed by atoms with Crippen molar-refractivity contribution in [3.63, 3.8) is 0 Å². The maximum absolute atomic E-state index is 12.0. The van der Waals surface area contributed by atoms with Gasteiger partial charge >= 0.3 is 0 Å². The van der Waals surface area contributed by atoms with Crippen LogP contribution >= 0.6 is 11.6 Å². The van der Waals surface area contributed by atoms with Gasteiger partial charge in [0.25, 0.3) is 5.91 Å². The minimum absolute atomic E-state index is 0.138. The third-order valence-corrected chi connectivity index (χ3v) is 3.67. The van der Waals surface area contributed by atoms with Crippen molar-refractivity contribution in [3.05, 3.63) is 40.4 Å². The maximum Gasteiger partial charge on any atom is 0.252 e. The Hall–Kier alpha value is -1.48. The van der Waals surface area contributed by atoms with Gasteiger partial charge in [0.15, 0.2) is 0 Å². The second-order valence-corrected chi connectivity index (χ2v) is 5.26. The molecule has 0 heterocycles. The molecule has 4 heteroatoms. The first kappa shape index (κ1) is 13.9. The summed E-state index contributed by atoms with van der Waals surface area (Å²) in [5.74, 6) is -0.138. The Kier molecular flexibility index (Phi) is 4.86. The fourth-order valence-electron chi connectivity index (χ4n) is 2.28. The third-order valence-electron chi connectivity index (χ3n) is 3.35. The van der Waals surface area contributed by atoms with Gasteiger partial charge in [-0.15, -0.1) is 0 Å². The molecule has 0 aromatic heterocycles. The number of nitrogens with two attached hydrogens (primary N) is 1. The van der Waals surface area contributed by atoms with Gasteiger partial charge < -0.3 is 11.1 Å². The zero-order valence-electron chi connectivity index (χ0n) is 10.9. The Morgan fingerprint density at radius 1 is 1.37 bits per heavy atom. The molecule has 0 bridgehead atoms. The zero-order chi connectivity index (χ0) is 13.7. The van der Waals surface area contributed by atoms with E-state index in [1.165, 1.54) is 31.3 Å². The van der Waals surface area contributed by atoms with Crippen molar-refractivity contribution >= 4 is 23.2 Å². The summed E-state index contributed by atoms with van der Waals surface area (Å²) in [5, 5.41) is 3.30. The quantitative estimate of drug-likeness (QED) is 0.654. The van der Waals surface area contributed by atoms with Crippen molar-refractivity contribution in [1.29, 1.82) is 0 Å². The lowest BCUT2D eigenvalue weighted by Gasteiger charge is -2.13. The highest BCUT2D eigenvalue weighted by Crippen LogP contribution is 2.20. The molecular formula is C15H19ClN2O. The molecule has 102 valence electrons. The van der Waals surface area contributed by atoms with Crippen LogP contribution in [-0.4, -0.2) is 12.5 Å². The second-order valence-electron chi connectivity index (χ2n) is 4.85. The van der Waals surface area contributed by atoms with Crippen LogP contribution in [-0.2, 0) is 0 Å². The predicted octanol–water partition coefficient (Wildman–Crippen LogP) is 3.54. The van der Waals surface area contributed by atoms with Crippen LogP contribution in [0.3, 0.4) is 0 Å². The van der Waals surface area contributed by atoms with Crippen LogP contribution < -0.4 is 11.1 Å². The van der Waals surface area contributed by atoms with Crippen LogP contribution in [0.25, 0.3) is 0 Å². The molecule has 0 unspecified atom stereocenters. The smallest absolute Gasteiger partial charge is 0.252 e. The molecule has 0 saturated carbocycles. The first-order chi connectivity index (χ1) is 9.16. The maximum atomic E-state index is 12.0. The molecule has 1 aliphatic rings. The van der Waals surface area contributed by atoms with Gasteiger partial charge in [-0.05, 0) is 50.3 Å². The fourth-order valence-corrected chi connectivity index (χ4v) is 2.55. The summed E-state index contributed by atoms with van der Waals surface area (Å²) in [6, 6.07) is 4.94. The molecule has 0 atom stereocenters. The van der Waals surface area contributed by atoms with Gasteiger partial charge in [0.2, 0.25) is 0 Å². The van der Waals surface area contributed by atoms with E-state index in [-0.39, 0.29) is 5.91 Å². The van der Waals surface area contributed by atoms with E-state index in [1.54, 1.807) is 18.2 Å². The van der Waals surface area contributed by atoms with E-state index in [4.69, 9.17) is 17.3 Å². The number of carbonyl (C=O) groups is 1. The van der Waals surface area contributed by atoms with Crippen molar-refractivity contribution in [3.8, 4) is 0 Å². The number of benzene rings is 1. The van der Waals surface area contributed by atoms with Crippen molar-refractivity contribution in [2.45, 2.75) is 32.1 Å². The van der Waals surface area contributed by atoms with Crippen molar-refractivity contribution in [1.82, 2.24) is 5.32 Å². The topological polar surface area (TPSA) is 55.1 Å². The summed E-state index contributed by atoms with van der Waals surface area (Å²) in [6.45, 7) is 0.658. The van der Waals surface area contributed by atoms with E-state index in [2.05, 4.69) is 11.4 Å². The van der Waals surface area contributed by atoms with Crippen LogP contribution in [0.4, 0.5) is 5.69 Å². The second kappa shape index (κ2) is 6.62. The molecular weight excluding hydrogens is 260 g/mol. The number of rotatable bonds is 4. The summed E-state index contributed by atoms with van der Waals surface area (Å²) < 4.78 is 0. The van der Waals surface area contributed by atoms with E-state index in [0.717, 1.165) is 6.42 Å². The molecule has 1 amide bonds. The highest BCUT2D eigenvalue weighted by atomic mass is 35.5. The number of amides is 1. The van der Waals surface area contributed by atoms with Crippen molar-refractivity contribution in [2.24, 2.45) is 0 Å². The summed E-state index contributed by atoms with van der Waals surface area (Å²) in [4.78, 5) is 12.0. The number of halogens is 1. The van der Waals surface area contributed by atoms with Gasteiger partial charge in [-0.1, -0.05) is 23.3 Å². The summed E-state index contributed by atoms with van der Waals surface area (Å²) in [6.07, 6.45) is 8.12. The Bertz CT molecular complexity index is 497. The minimum Gasteiger partial charge on any atom is -0.399 e. The molecule has 0 saturated heterocycles. The molecule has 0 aliphatic heterocycles. The van der Waals surface area contributed by atoms with Crippen LogP contribution in [0.1, 0.15) is 42.5 Å². The number of allylic oxidation sites excluding steroid dienone is 1. The van der Waals surface area contributed by atoms with Gasteiger partial charge in [-0.3, -0.25) is 4.79 Å². The molecule has 0 spiro atoms. The van der Waals surface area contributed by atoms with E-state index < -0.39 is 0 Å². The predicted molar refractivity (Wildman–Crippen MR) is 79.4 cm³/mol. The lowest BCUT2D eigenvalue weighted by atomic mass is 9.97. The lowest BCUT2D eigenvalue weighted by Crippen LogP contribution is -2.25. The molecule has 3 N–H and O–H groups in total. The largest absolute Gasteiger partial charge is 0.399 e. The molecule has 0 radical (unpaired) electrons. The number of nitrogen functional groups attached to an aromatic ring is 1. The van der Waals surface area contributed by atoms with Gasteiger partial charge in [0, 0.05) is 12.2 Å². The first-order valence-corrected chi connectivity index (χ1v) is 7.06. The van der Waals surface area contributed by atoms with E-state index in [1.807, 2.05) is 0 Å². The van der Waals surface area contributed by atoms with Gasteiger partial charge in [-0.2, -0.15) is 0 Å². The third kappa shape index (κ3) is 4.00. The zero-order valence-corrected chi connectivity index (χ0v) is 11.7. The Morgan fingerprint density at radius 3 is 2.89 bits per heavy atom. The van der Waals surface area contributed by atoms with Gasteiger partial charge in [0.05, 0.1) is 10.6 Å². The SMILES string of the molecule is Nc1ccc(C(=O)NCCC2=CCCCC2)c(Cl)c1. The van der Waals surface area contributed by atoms with Crippen molar-refractivity contribution in [2.75, 3.05) is 12.3 Å². The summed E-state index contributed by atoms with van der Waals surface area (Å²) in [7, 11) is 0. The number of carbonyl (C=O) groups excluding carboxylic acids is 1. The number of anilines is 1. The van der Waals surface area contributed by atoms with Crippen LogP contribution in [0, 0.1) is 0 Å².